The van der Waals surface area contributed by atoms with Gasteiger partial charge in [0.15, 0.2) is 34.7 Å². The molecular formula is H6Al2Fe5. The molecule has 0 spiro atoms. The van der Waals surface area contributed by atoms with Gasteiger partial charge in [0.05, 0.1) is 0 Å². The molecule has 0 aromatic heterocycles. The van der Waals surface area contributed by atoms with Crippen LogP contribution >= 0.6 is 0 Å². The van der Waals surface area contributed by atoms with Crippen LogP contribution in [0.15, 0.2) is 0 Å². The Morgan fingerprint density at radius 3 is 0.286 bits per heavy atom. The maximum Gasteiger partial charge on any atom is 0.187 e. The third kappa shape index (κ3) is 42.3. The maximum atomic E-state index is 0. The van der Waals surface area contributed by atoms with Crippen LogP contribution in [0.1, 0.15) is 0 Å². The molecular weight excluding hydrogens is 333 g/mol. The van der Waals surface area contributed by atoms with Crippen LogP contribution in [0.25, 0.3) is 0 Å². The van der Waals surface area contributed by atoms with E-state index in [1.165, 1.54) is 0 Å². The molecule has 0 aliphatic rings. The van der Waals surface area contributed by atoms with Crippen molar-refractivity contribution in [3.8, 4) is 0 Å². The smallest absolute Gasteiger partial charge is 0 e. The summed E-state index contributed by atoms with van der Waals surface area (Å²) < 4.78 is 0. The van der Waals surface area contributed by atoms with E-state index in [0.717, 1.165) is 0 Å². The summed E-state index contributed by atoms with van der Waals surface area (Å²) in [5.74, 6) is 0. The maximum absolute atomic E-state index is 0. The van der Waals surface area contributed by atoms with Crippen molar-refractivity contribution >= 4 is 34.7 Å². The van der Waals surface area contributed by atoms with Crippen LogP contribution in [0, 0.1) is 0 Å². The monoisotopic (exact) mass is 340 g/mol. The topological polar surface area (TPSA) is 0 Å². The molecule has 0 amide bonds. The normalized spacial score (nSPS) is 0. The molecule has 0 fully saturated rings. The zero-order valence-electron chi connectivity index (χ0n) is 1.77. The molecule has 0 saturated heterocycles. The SMILES string of the molecule is [AlH3].[AlH3].[Fe].[Fe].[Fe].[Fe].[Fe]. The van der Waals surface area contributed by atoms with Gasteiger partial charge in [0.2, 0.25) is 0 Å². The van der Waals surface area contributed by atoms with Crippen molar-refractivity contribution in [3.63, 3.8) is 0 Å². The van der Waals surface area contributed by atoms with Crippen molar-refractivity contribution in [2.45, 2.75) is 0 Å². The van der Waals surface area contributed by atoms with Gasteiger partial charge in [0, 0.05) is 85.3 Å². The quantitative estimate of drug-likeness (QED) is 0.433. The van der Waals surface area contributed by atoms with Gasteiger partial charge in [-0.3, -0.25) is 0 Å². The van der Waals surface area contributed by atoms with E-state index in [9.17, 15) is 0 Å². The largest absolute Gasteiger partial charge is 0.187 e. The van der Waals surface area contributed by atoms with E-state index in [2.05, 4.69) is 0 Å². The molecule has 0 aromatic rings. The summed E-state index contributed by atoms with van der Waals surface area (Å²) in [7, 11) is 0. The fourth-order valence-corrected chi connectivity index (χ4v) is 0. The first-order valence-electron chi connectivity index (χ1n) is 0. The van der Waals surface area contributed by atoms with Gasteiger partial charge in [-0.05, 0) is 0 Å². The molecule has 0 atom stereocenters. The summed E-state index contributed by atoms with van der Waals surface area (Å²) in [6, 6.07) is 0. The van der Waals surface area contributed by atoms with Gasteiger partial charge in [-0.25, -0.2) is 0 Å². The standard InChI is InChI=1S/2Al.5Fe.6H. The molecule has 0 bridgehead atoms. The van der Waals surface area contributed by atoms with Gasteiger partial charge in [-0.1, -0.05) is 0 Å². The molecule has 0 aromatic carbocycles. The van der Waals surface area contributed by atoms with Gasteiger partial charge >= 0.3 is 0 Å². The molecule has 0 N–H and O–H groups in total. The predicted molar refractivity (Wildman–Crippen MR) is 19.9 cm³/mol. The summed E-state index contributed by atoms with van der Waals surface area (Å²) >= 11 is 0. The first-order valence-corrected chi connectivity index (χ1v) is 0. The van der Waals surface area contributed by atoms with Crippen molar-refractivity contribution in [3.05, 3.63) is 0 Å². The summed E-state index contributed by atoms with van der Waals surface area (Å²) in [5, 5.41) is 0. The van der Waals surface area contributed by atoms with E-state index in [1.54, 1.807) is 0 Å². The second kappa shape index (κ2) is 54.1. The average molecular weight is 339 g/mol. The molecule has 0 unspecified atom stereocenters. The van der Waals surface area contributed by atoms with Crippen LogP contribution in [0.4, 0.5) is 0 Å². The number of hydrogen-bond donors (Lipinski definition) is 0. The van der Waals surface area contributed by atoms with Crippen molar-refractivity contribution in [2.24, 2.45) is 0 Å². The van der Waals surface area contributed by atoms with Gasteiger partial charge in [-0.15, -0.1) is 0 Å². The molecule has 0 aliphatic carbocycles. The minimum atomic E-state index is 0. The Hall–Kier alpha value is 3.66. The molecule has 7 heavy (non-hydrogen) atoms. The van der Waals surface area contributed by atoms with Gasteiger partial charge < -0.3 is 0 Å². The van der Waals surface area contributed by atoms with E-state index in [-0.39, 0.29) is 120 Å². The Labute approximate surface area is 118 Å². The van der Waals surface area contributed by atoms with Crippen molar-refractivity contribution in [1.82, 2.24) is 0 Å². The molecule has 7 heteroatoms. The second-order valence-electron chi connectivity index (χ2n) is 0. The summed E-state index contributed by atoms with van der Waals surface area (Å²) in [6.07, 6.45) is 0. The van der Waals surface area contributed by atoms with Crippen LogP contribution in [-0.2, 0) is 85.3 Å². The Morgan fingerprint density at radius 2 is 0.286 bits per heavy atom. The van der Waals surface area contributed by atoms with Crippen molar-refractivity contribution in [2.75, 3.05) is 0 Å². The van der Waals surface area contributed by atoms with E-state index in [4.69, 9.17) is 0 Å². The molecule has 0 radical (unpaired) electrons. The summed E-state index contributed by atoms with van der Waals surface area (Å²) in [4.78, 5) is 0. The number of rotatable bonds is 0. The summed E-state index contributed by atoms with van der Waals surface area (Å²) in [6.45, 7) is 0. The Kier molecular flexibility index (Phi) is 573. The molecule has 52 valence electrons. The first-order chi connectivity index (χ1) is 0. The third-order valence-corrected chi connectivity index (χ3v) is 0. The minimum Gasteiger partial charge on any atom is 0 e. The first kappa shape index (κ1) is 74.2. The second-order valence-corrected chi connectivity index (χ2v) is 0. The zero-order valence-corrected chi connectivity index (χ0v) is 7.29. The van der Waals surface area contributed by atoms with Crippen LogP contribution in [0.2, 0.25) is 0 Å². The molecule has 0 nitrogen and oxygen atoms in total. The van der Waals surface area contributed by atoms with Crippen molar-refractivity contribution in [1.29, 1.82) is 0 Å². The van der Waals surface area contributed by atoms with E-state index in [0.29, 0.717) is 0 Å². The average Bonchev–Trinajstić information content (AvgIpc) is 0. The van der Waals surface area contributed by atoms with E-state index < -0.39 is 0 Å². The van der Waals surface area contributed by atoms with E-state index in [1.807, 2.05) is 0 Å². The Bertz CT molecular complexity index is 6.04. The summed E-state index contributed by atoms with van der Waals surface area (Å²) in [5.41, 5.74) is 0. The molecule has 0 rings (SSSR count). The van der Waals surface area contributed by atoms with Gasteiger partial charge in [0.1, 0.15) is 0 Å². The minimum absolute atomic E-state index is 0. The Balaban J connectivity index is 0. The van der Waals surface area contributed by atoms with Crippen LogP contribution in [-0.4, -0.2) is 34.7 Å². The molecule has 0 heterocycles. The van der Waals surface area contributed by atoms with Gasteiger partial charge in [0.25, 0.3) is 0 Å². The third-order valence-electron chi connectivity index (χ3n) is 0. The molecule has 0 saturated carbocycles. The zero-order chi connectivity index (χ0) is 0. The van der Waals surface area contributed by atoms with Crippen LogP contribution in [0.5, 0.6) is 0 Å². The van der Waals surface area contributed by atoms with Crippen LogP contribution < -0.4 is 0 Å². The predicted octanol–water partition coefficient (Wildman–Crippen LogP) is -2.38. The molecule has 0 aliphatic heterocycles. The van der Waals surface area contributed by atoms with Gasteiger partial charge in [-0.2, -0.15) is 0 Å². The van der Waals surface area contributed by atoms with Crippen LogP contribution in [0.3, 0.4) is 0 Å². The fourth-order valence-electron chi connectivity index (χ4n) is 0. The van der Waals surface area contributed by atoms with Crippen molar-refractivity contribution < 1.29 is 85.3 Å². The fraction of sp³-hybridized carbons (Fsp3) is 0. The Morgan fingerprint density at radius 1 is 0.286 bits per heavy atom. The number of hydrogen-bond acceptors (Lipinski definition) is 0. The van der Waals surface area contributed by atoms with E-state index >= 15 is 0 Å².